The molecule has 0 aliphatic carbocycles. The van der Waals surface area contributed by atoms with Gasteiger partial charge in [-0.3, -0.25) is 9.69 Å². The van der Waals surface area contributed by atoms with Gasteiger partial charge in [-0.05, 0) is 56.2 Å². The van der Waals surface area contributed by atoms with Gasteiger partial charge in [-0.1, -0.05) is 12.1 Å². The lowest BCUT2D eigenvalue weighted by molar-refractivity contribution is -0.121. The number of anilines is 2. The number of hydrogen-bond donors (Lipinski definition) is 1. The molecule has 174 valence electrons. The molecule has 1 saturated heterocycles. The van der Waals surface area contributed by atoms with Gasteiger partial charge in [0.2, 0.25) is 5.91 Å². The minimum atomic E-state index is -3.70. The summed E-state index contributed by atoms with van der Waals surface area (Å²) in [4.78, 5) is 28.3. The number of amidine groups is 1. The van der Waals surface area contributed by atoms with Crippen molar-refractivity contribution in [2.45, 2.75) is 24.7 Å². The van der Waals surface area contributed by atoms with Crippen LogP contribution in [0.2, 0.25) is 0 Å². The molecule has 1 atom stereocenters. The van der Waals surface area contributed by atoms with E-state index in [1.165, 1.54) is 4.90 Å². The maximum atomic E-state index is 12.9. The van der Waals surface area contributed by atoms with Gasteiger partial charge in [0.15, 0.2) is 5.84 Å². The Labute approximate surface area is 193 Å². The largest absolute Gasteiger partial charge is 0.449 e. The highest BCUT2D eigenvalue weighted by molar-refractivity contribution is 7.90. The minimum absolute atomic E-state index is 0.138. The molecule has 1 fully saturated rings. The standard InChI is InChI=1S/C23H26N4O5S/c1-3-32-23(29)26(2)18-12-10-17(11-13-18)24-22(28)16-7-6-14-27(15-16)21-19-8-4-5-9-20(19)33(30,31)25-21/h4-5,8-13,16H,3,6-7,14-15H2,1-2H3,(H,24,28). The number of carbonyl (C=O) groups excluding carboxylic acids is 2. The lowest BCUT2D eigenvalue weighted by Gasteiger charge is -2.33. The van der Waals surface area contributed by atoms with Gasteiger partial charge in [0, 0.05) is 37.1 Å². The van der Waals surface area contributed by atoms with Gasteiger partial charge in [0.1, 0.15) is 4.90 Å². The fourth-order valence-corrected chi connectivity index (χ4v) is 5.27. The third kappa shape index (κ3) is 4.70. The molecule has 1 N–H and O–H groups in total. The number of piperidine rings is 1. The van der Waals surface area contributed by atoms with Crippen LogP contribution in [0.4, 0.5) is 16.2 Å². The molecule has 1 unspecified atom stereocenters. The molecule has 0 bridgehead atoms. The maximum Gasteiger partial charge on any atom is 0.413 e. The van der Waals surface area contributed by atoms with Crippen LogP contribution in [0.1, 0.15) is 25.3 Å². The molecule has 0 radical (unpaired) electrons. The Balaban J connectivity index is 1.42. The van der Waals surface area contributed by atoms with E-state index in [0.29, 0.717) is 48.9 Å². The summed E-state index contributed by atoms with van der Waals surface area (Å²) in [6.07, 6.45) is 1.01. The first kappa shape index (κ1) is 22.8. The molecule has 2 amide bonds. The SMILES string of the molecule is CCOC(=O)N(C)c1ccc(NC(=O)C2CCCN(C3=NS(=O)(=O)c4ccccc43)C2)cc1. The van der Waals surface area contributed by atoms with Gasteiger partial charge in [-0.2, -0.15) is 8.42 Å². The first-order valence-corrected chi connectivity index (χ1v) is 12.2. The van der Waals surface area contributed by atoms with Gasteiger partial charge < -0.3 is 15.0 Å². The molecule has 0 aromatic heterocycles. The van der Waals surface area contributed by atoms with E-state index in [2.05, 4.69) is 9.71 Å². The van der Waals surface area contributed by atoms with Crippen molar-refractivity contribution in [2.75, 3.05) is 37.0 Å². The zero-order chi connectivity index (χ0) is 23.6. The van der Waals surface area contributed by atoms with Crippen LogP contribution in [-0.2, 0) is 19.6 Å². The predicted octanol–water partition coefficient (Wildman–Crippen LogP) is 3.08. The molecular formula is C23H26N4O5S. The Morgan fingerprint density at radius 1 is 1.18 bits per heavy atom. The smallest absolute Gasteiger partial charge is 0.413 e. The number of amides is 2. The fraction of sp³-hybridized carbons (Fsp3) is 0.348. The summed E-state index contributed by atoms with van der Waals surface area (Å²) in [7, 11) is -2.09. The van der Waals surface area contributed by atoms with Crippen molar-refractivity contribution in [1.29, 1.82) is 0 Å². The summed E-state index contributed by atoms with van der Waals surface area (Å²) >= 11 is 0. The van der Waals surface area contributed by atoms with Crippen LogP contribution in [0.15, 0.2) is 57.8 Å². The van der Waals surface area contributed by atoms with E-state index in [1.54, 1.807) is 62.5 Å². The Kier molecular flexibility index (Phi) is 6.37. The molecule has 2 aromatic carbocycles. The second-order valence-corrected chi connectivity index (χ2v) is 9.54. The molecule has 9 nitrogen and oxygen atoms in total. The molecule has 2 heterocycles. The zero-order valence-corrected chi connectivity index (χ0v) is 19.3. The van der Waals surface area contributed by atoms with E-state index in [9.17, 15) is 18.0 Å². The van der Waals surface area contributed by atoms with Crippen molar-refractivity contribution in [3.8, 4) is 0 Å². The van der Waals surface area contributed by atoms with Crippen LogP contribution in [0.25, 0.3) is 0 Å². The van der Waals surface area contributed by atoms with Gasteiger partial charge in [0.05, 0.1) is 12.5 Å². The molecule has 2 aliphatic heterocycles. The Morgan fingerprint density at radius 2 is 1.91 bits per heavy atom. The molecule has 0 spiro atoms. The predicted molar refractivity (Wildman–Crippen MR) is 125 cm³/mol. The number of hydrogen-bond acceptors (Lipinski definition) is 6. The third-order valence-electron chi connectivity index (χ3n) is 5.77. The maximum absolute atomic E-state index is 12.9. The second kappa shape index (κ2) is 9.22. The van der Waals surface area contributed by atoms with Gasteiger partial charge in [-0.25, -0.2) is 4.79 Å². The van der Waals surface area contributed by atoms with E-state index < -0.39 is 16.1 Å². The van der Waals surface area contributed by atoms with Crippen molar-refractivity contribution in [1.82, 2.24) is 4.90 Å². The molecule has 4 rings (SSSR count). The Morgan fingerprint density at radius 3 is 2.64 bits per heavy atom. The number of nitrogens with zero attached hydrogens (tertiary/aromatic N) is 3. The molecular weight excluding hydrogens is 444 g/mol. The summed E-state index contributed by atoms with van der Waals surface area (Å²) in [5.41, 5.74) is 1.85. The van der Waals surface area contributed by atoms with Crippen molar-refractivity contribution in [3.05, 3.63) is 54.1 Å². The normalized spacial score (nSPS) is 18.8. The second-order valence-electron chi connectivity index (χ2n) is 7.97. The van der Waals surface area contributed by atoms with E-state index in [1.807, 2.05) is 4.90 Å². The highest BCUT2D eigenvalue weighted by Gasteiger charge is 2.35. The number of nitrogens with one attached hydrogen (secondary N) is 1. The first-order chi connectivity index (χ1) is 15.8. The number of rotatable bonds is 4. The molecule has 33 heavy (non-hydrogen) atoms. The Bertz CT molecular complexity index is 1190. The van der Waals surface area contributed by atoms with E-state index >= 15 is 0 Å². The molecule has 0 saturated carbocycles. The lowest BCUT2D eigenvalue weighted by Crippen LogP contribution is -2.43. The summed E-state index contributed by atoms with van der Waals surface area (Å²) in [6, 6.07) is 13.7. The van der Waals surface area contributed by atoms with E-state index in [4.69, 9.17) is 4.74 Å². The number of fused-ring (bicyclic) bond motifs is 1. The minimum Gasteiger partial charge on any atom is -0.449 e. The van der Waals surface area contributed by atoms with Gasteiger partial charge >= 0.3 is 6.09 Å². The third-order valence-corrected chi connectivity index (χ3v) is 7.09. The van der Waals surface area contributed by atoms with Crippen molar-refractivity contribution >= 4 is 39.2 Å². The number of sulfonamides is 1. The van der Waals surface area contributed by atoms with Crippen molar-refractivity contribution < 1.29 is 22.7 Å². The number of carbonyl (C=O) groups is 2. The number of likely N-dealkylation sites (tertiary alicyclic amines) is 1. The fourth-order valence-electron chi connectivity index (χ4n) is 4.04. The number of ether oxygens (including phenoxy) is 1. The topological polar surface area (TPSA) is 108 Å². The van der Waals surface area contributed by atoms with Gasteiger partial charge in [0.25, 0.3) is 10.0 Å². The zero-order valence-electron chi connectivity index (χ0n) is 18.5. The van der Waals surface area contributed by atoms with Crippen LogP contribution < -0.4 is 10.2 Å². The van der Waals surface area contributed by atoms with Crippen LogP contribution in [0.3, 0.4) is 0 Å². The monoisotopic (exact) mass is 470 g/mol. The average molecular weight is 471 g/mol. The highest BCUT2D eigenvalue weighted by atomic mass is 32.2. The van der Waals surface area contributed by atoms with Crippen LogP contribution in [-0.4, -0.2) is 57.9 Å². The lowest BCUT2D eigenvalue weighted by atomic mass is 9.96. The number of benzene rings is 2. The van der Waals surface area contributed by atoms with Crippen LogP contribution in [0, 0.1) is 5.92 Å². The molecule has 2 aromatic rings. The summed E-state index contributed by atoms with van der Waals surface area (Å²) in [5, 5.41) is 2.92. The van der Waals surface area contributed by atoms with Crippen LogP contribution in [0.5, 0.6) is 0 Å². The molecule has 10 heteroatoms. The van der Waals surface area contributed by atoms with Crippen molar-refractivity contribution in [3.63, 3.8) is 0 Å². The average Bonchev–Trinajstić information content (AvgIpc) is 3.10. The quantitative estimate of drug-likeness (QED) is 0.736. The van der Waals surface area contributed by atoms with Crippen LogP contribution >= 0.6 is 0 Å². The van der Waals surface area contributed by atoms with Crippen molar-refractivity contribution in [2.24, 2.45) is 10.3 Å². The Hall–Kier alpha value is -3.40. The summed E-state index contributed by atoms with van der Waals surface area (Å²) in [5.74, 6) is -0.0332. The van der Waals surface area contributed by atoms with E-state index in [0.717, 1.165) is 6.42 Å². The summed E-state index contributed by atoms with van der Waals surface area (Å²) in [6.45, 7) is 3.06. The first-order valence-electron chi connectivity index (χ1n) is 10.8. The summed E-state index contributed by atoms with van der Waals surface area (Å²) < 4.78 is 33.8. The highest BCUT2D eigenvalue weighted by Crippen LogP contribution is 2.30. The van der Waals surface area contributed by atoms with E-state index in [-0.39, 0.29) is 16.7 Å². The molecule has 2 aliphatic rings. The van der Waals surface area contributed by atoms with Gasteiger partial charge in [-0.15, -0.1) is 4.40 Å².